The smallest absolute Gasteiger partial charge is 0.235 e. The number of aryl methyl sites for hydroxylation is 2. The van der Waals surface area contributed by atoms with Crippen molar-refractivity contribution in [3.05, 3.63) is 45.8 Å². The fourth-order valence-electron chi connectivity index (χ4n) is 2.83. The maximum Gasteiger partial charge on any atom is 0.235 e. The number of methoxy groups -OCH3 is 1. The van der Waals surface area contributed by atoms with E-state index in [1.807, 2.05) is 0 Å². The number of aromatic nitrogens is 3. The number of aromatic hydroxyl groups is 1. The average Bonchev–Trinajstić information content (AvgIpc) is 2.88. The summed E-state index contributed by atoms with van der Waals surface area (Å²) in [5.74, 6) is -2.50. The van der Waals surface area contributed by atoms with Crippen molar-refractivity contribution < 1.29 is 18.6 Å². The zero-order valence-electron chi connectivity index (χ0n) is 13.8. The van der Waals surface area contributed by atoms with E-state index in [1.165, 1.54) is 10.7 Å². The van der Waals surface area contributed by atoms with Crippen LogP contribution < -0.4 is 5.43 Å². The fraction of sp³-hybridized carbons (Fsp3) is 0.294. The Morgan fingerprint density at radius 2 is 2.00 bits per heavy atom. The van der Waals surface area contributed by atoms with Crippen LogP contribution in [0.2, 0.25) is 0 Å². The highest BCUT2D eigenvalue weighted by atomic mass is 19.1. The minimum atomic E-state index is -0.882. The minimum absolute atomic E-state index is 0.190. The Morgan fingerprint density at radius 3 is 2.64 bits per heavy atom. The van der Waals surface area contributed by atoms with E-state index in [2.05, 4.69) is 10.1 Å². The van der Waals surface area contributed by atoms with Crippen molar-refractivity contribution in [1.82, 2.24) is 14.8 Å². The second-order valence-corrected chi connectivity index (χ2v) is 5.65. The summed E-state index contributed by atoms with van der Waals surface area (Å²) < 4.78 is 34.7. The predicted octanol–water partition coefficient (Wildman–Crippen LogP) is 2.72. The molecule has 2 heterocycles. The van der Waals surface area contributed by atoms with Gasteiger partial charge in [0.05, 0.1) is 22.3 Å². The Bertz CT molecular complexity index is 975. The quantitative estimate of drug-likeness (QED) is 0.694. The molecule has 0 saturated carbocycles. The first-order chi connectivity index (χ1) is 12.0. The number of hydrogen-bond donors (Lipinski definition) is 2. The van der Waals surface area contributed by atoms with Crippen molar-refractivity contribution >= 4 is 11.0 Å². The standard InChI is InChI=1S/C17H17F2N3O3/c1-9-12-15(23)16(24)14(13-10(18)5-3-6-11(13)19)20-17(12)22(21-9)7-4-8-25-2/h3,5-6,24H,4,7-8H2,1-2H3,(H,20,23). The number of fused-ring (bicyclic) bond motifs is 1. The van der Waals surface area contributed by atoms with Gasteiger partial charge in [-0.25, -0.2) is 13.5 Å². The Balaban J connectivity index is 2.26. The van der Waals surface area contributed by atoms with Crippen LogP contribution in [0.5, 0.6) is 5.75 Å². The maximum absolute atomic E-state index is 14.1. The maximum atomic E-state index is 14.1. The van der Waals surface area contributed by atoms with Crippen LogP contribution in [-0.4, -0.2) is 33.6 Å². The molecule has 3 rings (SSSR count). The van der Waals surface area contributed by atoms with Gasteiger partial charge in [0.25, 0.3) is 0 Å². The van der Waals surface area contributed by atoms with Gasteiger partial charge in [0, 0.05) is 20.3 Å². The Hall–Kier alpha value is -2.74. The van der Waals surface area contributed by atoms with Crippen molar-refractivity contribution in [3.8, 4) is 17.0 Å². The molecule has 0 spiro atoms. The van der Waals surface area contributed by atoms with Gasteiger partial charge >= 0.3 is 0 Å². The highest BCUT2D eigenvalue weighted by Gasteiger charge is 2.22. The number of aromatic amines is 1. The summed E-state index contributed by atoms with van der Waals surface area (Å²) in [7, 11) is 1.57. The topological polar surface area (TPSA) is 80.1 Å². The molecule has 0 radical (unpaired) electrons. The number of ether oxygens (including phenoxy) is 1. The van der Waals surface area contributed by atoms with Gasteiger partial charge in [-0.2, -0.15) is 5.10 Å². The number of hydrogen-bond acceptors (Lipinski definition) is 4. The average molecular weight is 349 g/mol. The first kappa shape index (κ1) is 17.1. The minimum Gasteiger partial charge on any atom is -0.503 e. The molecule has 25 heavy (non-hydrogen) atoms. The third kappa shape index (κ3) is 2.89. The summed E-state index contributed by atoms with van der Waals surface area (Å²) in [4.78, 5) is 15.3. The molecule has 0 saturated heterocycles. The molecule has 0 aliphatic rings. The molecule has 0 unspecified atom stereocenters. The van der Waals surface area contributed by atoms with Gasteiger partial charge in [-0.1, -0.05) is 6.07 Å². The molecule has 0 bridgehead atoms. The molecule has 6 nitrogen and oxygen atoms in total. The Kier molecular flexibility index (Phi) is 4.54. The van der Waals surface area contributed by atoms with Crippen molar-refractivity contribution in [1.29, 1.82) is 0 Å². The zero-order chi connectivity index (χ0) is 18.1. The second kappa shape index (κ2) is 6.64. The number of halogens is 2. The van der Waals surface area contributed by atoms with E-state index < -0.39 is 28.4 Å². The molecule has 0 atom stereocenters. The second-order valence-electron chi connectivity index (χ2n) is 5.65. The van der Waals surface area contributed by atoms with Gasteiger partial charge in [-0.3, -0.25) is 4.79 Å². The van der Waals surface area contributed by atoms with E-state index in [0.717, 1.165) is 12.1 Å². The molecule has 1 aromatic carbocycles. The lowest BCUT2D eigenvalue weighted by molar-refractivity contribution is 0.189. The van der Waals surface area contributed by atoms with E-state index in [4.69, 9.17) is 4.74 Å². The van der Waals surface area contributed by atoms with Gasteiger partial charge in [0.1, 0.15) is 17.3 Å². The van der Waals surface area contributed by atoms with Crippen molar-refractivity contribution in [2.45, 2.75) is 19.9 Å². The molecule has 132 valence electrons. The third-order valence-corrected chi connectivity index (χ3v) is 3.98. The van der Waals surface area contributed by atoms with Crippen molar-refractivity contribution in [3.63, 3.8) is 0 Å². The summed E-state index contributed by atoms with van der Waals surface area (Å²) >= 11 is 0. The van der Waals surface area contributed by atoms with Crippen LogP contribution in [0.3, 0.4) is 0 Å². The lowest BCUT2D eigenvalue weighted by Crippen LogP contribution is -2.09. The molecule has 2 N–H and O–H groups in total. The van der Waals surface area contributed by atoms with Crippen LogP contribution >= 0.6 is 0 Å². The van der Waals surface area contributed by atoms with Gasteiger partial charge < -0.3 is 14.8 Å². The summed E-state index contributed by atoms with van der Waals surface area (Å²) in [6.07, 6.45) is 0.638. The lowest BCUT2D eigenvalue weighted by atomic mass is 10.1. The highest BCUT2D eigenvalue weighted by molar-refractivity contribution is 5.84. The molecule has 0 fully saturated rings. The molecule has 0 aliphatic heterocycles. The monoisotopic (exact) mass is 349 g/mol. The number of nitrogens with zero attached hydrogens (tertiary/aromatic N) is 2. The molecular weight excluding hydrogens is 332 g/mol. The fourth-order valence-corrected chi connectivity index (χ4v) is 2.83. The van der Waals surface area contributed by atoms with Crippen LogP contribution in [0.4, 0.5) is 8.78 Å². The SMILES string of the molecule is COCCCn1nc(C)c2c(=O)c(O)c(-c3c(F)cccc3F)[nH]c21. The van der Waals surface area contributed by atoms with Crippen LogP contribution in [-0.2, 0) is 11.3 Å². The first-order valence-corrected chi connectivity index (χ1v) is 7.71. The van der Waals surface area contributed by atoms with Crippen molar-refractivity contribution in [2.75, 3.05) is 13.7 Å². The summed E-state index contributed by atoms with van der Waals surface area (Å²) in [6, 6.07) is 3.32. The first-order valence-electron chi connectivity index (χ1n) is 7.71. The normalized spacial score (nSPS) is 11.4. The van der Waals surface area contributed by atoms with E-state index in [1.54, 1.807) is 14.0 Å². The summed E-state index contributed by atoms with van der Waals surface area (Å²) in [6.45, 7) is 2.57. The molecule has 0 amide bonds. The number of benzene rings is 1. The predicted molar refractivity (Wildman–Crippen MR) is 88.6 cm³/mol. The zero-order valence-corrected chi connectivity index (χ0v) is 13.8. The summed E-state index contributed by atoms with van der Waals surface area (Å²) in [5, 5.41) is 14.7. The molecule has 2 aromatic heterocycles. The van der Waals surface area contributed by atoms with Crippen LogP contribution in [0, 0.1) is 18.6 Å². The summed E-state index contributed by atoms with van der Waals surface area (Å²) in [5.41, 5.74) is -0.789. The number of pyridine rings is 1. The van der Waals surface area contributed by atoms with E-state index >= 15 is 0 Å². The molecule has 8 heteroatoms. The van der Waals surface area contributed by atoms with E-state index in [0.29, 0.717) is 30.9 Å². The van der Waals surface area contributed by atoms with Gasteiger partial charge in [-0.05, 0) is 25.5 Å². The van der Waals surface area contributed by atoms with Crippen LogP contribution in [0.15, 0.2) is 23.0 Å². The van der Waals surface area contributed by atoms with Gasteiger partial charge in [-0.15, -0.1) is 0 Å². The third-order valence-electron chi connectivity index (χ3n) is 3.98. The molecule has 0 aliphatic carbocycles. The highest BCUT2D eigenvalue weighted by Crippen LogP contribution is 2.31. The Morgan fingerprint density at radius 1 is 1.32 bits per heavy atom. The number of rotatable bonds is 5. The van der Waals surface area contributed by atoms with Crippen LogP contribution in [0.1, 0.15) is 12.1 Å². The Labute approximate surface area is 141 Å². The molecule has 3 aromatic rings. The van der Waals surface area contributed by atoms with Gasteiger partial charge in [0.2, 0.25) is 5.43 Å². The van der Waals surface area contributed by atoms with E-state index in [-0.39, 0.29) is 11.1 Å². The number of H-pyrrole nitrogens is 1. The van der Waals surface area contributed by atoms with E-state index in [9.17, 15) is 18.7 Å². The van der Waals surface area contributed by atoms with Gasteiger partial charge in [0.15, 0.2) is 5.75 Å². The largest absolute Gasteiger partial charge is 0.503 e. The number of nitrogens with one attached hydrogen (secondary N) is 1. The lowest BCUT2D eigenvalue weighted by Gasteiger charge is -2.09. The van der Waals surface area contributed by atoms with Crippen LogP contribution in [0.25, 0.3) is 22.3 Å². The molecular formula is C17H17F2N3O3. The van der Waals surface area contributed by atoms with Crippen molar-refractivity contribution in [2.24, 2.45) is 0 Å².